The molecular weight excluding hydrogens is 353 g/mol. The van der Waals surface area contributed by atoms with Crippen molar-refractivity contribution < 1.29 is 32.3 Å². The summed E-state index contributed by atoms with van der Waals surface area (Å²) in [6, 6.07) is 7.33. The van der Waals surface area contributed by atoms with Crippen LogP contribution in [-0.4, -0.2) is 30.9 Å². The number of amides is 2. The van der Waals surface area contributed by atoms with Crippen molar-refractivity contribution in [3.05, 3.63) is 65.5 Å². The van der Waals surface area contributed by atoms with Gasteiger partial charge in [0, 0.05) is 11.8 Å². The second-order valence-electron chi connectivity index (χ2n) is 5.04. The van der Waals surface area contributed by atoms with Crippen molar-refractivity contribution in [3.8, 4) is 0 Å². The quantitative estimate of drug-likeness (QED) is 0.766. The Morgan fingerprint density at radius 1 is 0.885 bits per heavy atom. The Morgan fingerprint density at radius 3 is 2.23 bits per heavy atom. The Morgan fingerprint density at radius 2 is 1.58 bits per heavy atom. The van der Waals surface area contributed by atoms with Crippen molar-refractivity contribution in [1.29, 1.82) is 0 Å². The Kier molecular flexibility index (Phi) is 6.31. The predicted molar refractivity (Wildman–Crippen MR) is 84.7 cm³/mol. The van der Waals surface area contributed by atoms with Crippen molar-refractivity contribution in [2.24, 2.45) is 0 Å². The fraction of sp³-hybridized carbons (Fsp3) is 0.118. The van der Waals surface area contributed by atoms with Gasteiger partial charge in [-0.25, -0.2) is 18.0 Å². The van der Waals surface area contributed by atoms with Crippen LogP contribution in [0.2, 0.25) is 0 Å². The third-order valence-corrected chi connectivity index (χ3v) is 3.06. The molecule has 0 atom stereocenters. The summed E-state index contributed by atoms with van der Waals surface area (Å²) in [5, 5.41) is 4.45. The lowest BCUT2D eigenvalue weighted by Crippen LogP contribution is -2.35. The van der Waals surface area contributed by atoms with Crippen LogP contribution in [0.3, 0.4) is 0 Å². The van der Waals surface area contributed by atoms with Crippen LogP contribution in [0.5, 0.6) is 0 Å². The molecule has 0 bridgehead atoms. The molecule has 0 aromatic heterocycles. The predicted octanol–water partition coefficient (Wildman–Crippen LogP) is 2.02. The van der Waals surface area contributed by atoms with Crippen LogP contribution in [0, 0.1) is 17.5 Å². The Bertz CT molecular complexity index is 825. The number of ether oxygens (including phenoxy) is 1. The van der Waals surface area contributed by atoms with Crippen LogP contribution in [0.4, 0.5) is 18.9 Å². The molecule has 0 aliphatic rings. The zero-order valence-corrected chi connectivity index (χ0v) is 13.2. The SMILES string of the molecule is O=C(COC(=O)c1ccc(F)cc1)NCC(=O)Nc1ccc(F)c(F)c1. The number of anilines is 1. The van der Waals surface area contributed by atoms with Gasteiger partial charge >= 0.3 is 5.97 Å². The van der Waals surface area contributed by atoms with Crippen molar-refractivity contribution in [1.82, 2.24) is 5.32 Å². The molecule has 0 saturated heterocycles. The third kappa shape index (κ3) is 5.62. The van der Waals surface area contributed by atoms with Gasteiger partial charge in [-0.15, -0.1) is 0 Å². The van der Waals surface area contributed by atoms with E-state index in [1.807, 2.05) is 0 Å². The summed E-state index contributed by atoms with van der Waals surface area (Å²) in [6.07, 6.45) is 0. The third-order valence-electron chi connectivity index (χ3n) is 3.06. The van der Waals surface area contributed by atoms with Crippen LogP contribution >= 0.6 is 0 Å². The summed E-state index contributed by atoms with van der Waals surface area (Å²) in [7, 11) is 0. The van der Waals surface area contributed by atoms with E-state index in [0.29, 0.717) is 0 Å². The first kappa shape index (κ1) is 19.0. The lowest BCUT2D eigenvalue weighted by Gasteiger charge is -2.08. The van der Waals surface area contributed by atoms with Gasteiger partial charge in [-0.2, -0.15) is 0 Å². The number of hydrogen-bond donors (Lipinski definition) is 2. The molecule has 0 aliphatic heterocycles. The minimum atomic E-state index is -1.13. The Labute approximate surface area is 146 Å². The highest BCUT2D eigenvalue weighted by atomic mass is 19.2. The van der Waals surface area contributed by atoms with Gasteiger partial charge in [-0.3, -0.25) is 9.59 Å². The van der Waals surface area contributed by atoms with E-state index in [2.05, 4.69) is 10.6 Å². The van der Waals surface area contributed by atoms with Gasteiger partial charge in [-0.1, -0.05) is 0 Å². The number of rotatable bonds is 6. The number of carbonyl (C=O) groups is 3. The molecule has 9 heteroatoms. The lowest BCUT2D eigenvalue weighted by atomic mass is 10.2. The smallest absolute Gasteiger partial charge is 0.338 e. The van der Waals surface area contributed by atoms with Gasteiger partial charge in [-0.05, 0) is 36.4 Å². The number of hydrogen-bond acceptors (Lipinski definition) is 4. The second-order valence-corrected chi connectivity index (χ2v) is 5.04. The molecule has 0 aliphatic carbocycles. The number of nitrogens with one attached hydrogen (secondary N) is 2. The Balaban J connectivity index is 1.73. The molecule has 2 amide bonds. The van der Waals surface area contributed by atoms with Gasteiger partial charge in [0.1, 0.15) is 5.82 Å². The maximum absolute atomic E-state index is 13.0. The fourth-order valence-corrected chi connectivity index (χ4v) is 1.81. The molecule has 0 radical (unpaired) electrons. The van der Waals surface area contributed by atoms with E-state index in [4.69, 9.17) is 4.74 Å². The highest BCUT2D eigenvalue weighted by Crippen LogP contribution is 2.12. The van der Waals surface area contributed by atoms with Crippen molar-refractivity contribution >= 4 is 23.5 Å². The van der Waals surface area contributed by atoms with E-state index in [0.717, 1.165) is 30.3 Å². The number of esters is 1. The van der Waals surface area contributed by atoms with Crippen molar-refractivity contribution in [2.45, 2.75) is 0 Å². The molecule has 0 saturated carbocycles. The van der Waals surface area contributed by atoms with Crippen LogP contribution in [0.25, 0.3) is 0 Å². The van der Waals surface area contributed by atoms with E-state index in [-0.39, 0.29) is 11.3 Å². The number of benzene rings is 2. The molecule has 2 aromatic rings. The highest BCUT2D eigenvalue weighted by Gasteiger charge is 2.12. The normalized spacial score (nSPS) is 10.1. The zero-order chi connectivity index (χ0) is 19.1. The molecule has 0 unspecified atom stereocenters. The van der Waals surface area contributed by atoms with E-state index < -0.39 is 48.4 Å². The first-order valence-electron chi connectivity index (χ1n) is 7.29. The van der Waals surface area contributed by atoms with Crippen LogP contribution in [0.1, 0.15) is 10.4 Å². The average molecular weight is 366 g/mol. The van der Waals surface area contributed by atoms with E-state index in [9.17, 15) is 27.6 Å². The molecule has 0 fully saturated rings. The minimum absolute atomic E-state index is 0.0193. The van der Waals surface area contributed by atoms with E-state index >= 15 is 0 Å². The molecule has 0 heterocycles. The highest BCUT2D eigenvalue weighted by molar-refractivity contribution is 5.95. The minimum Gasteiger partial charge on any atom is -0.452 e. The van der Waals surface area contributed by atoms with Crippen molar-refractivity contribution in [2.75, 3.05) is 18.5 Å². The topological polar surface area (TPSA) is 84.5 Å². The van der Waals surface area contributed by atoms with E-state index in [1.54, 1.807) is 0 Å². The molecule has 136 valence electrons. The first-order chi connectivity index (χ1) is 12.3. The van der Waals surface area contributed by atoms with Crippen LogP contribution < -0.4 is 10.6 Å². The van der Waals surface area contributed by atoms with Gasteiger partial charge in [0.25, 0.3) is 5.91 Å². The molecule has 2 aromatic carbocycles. The summed E-state index contributed by atoms with van der Waals surface area (Å²) >= 11 is 0. The Hall–Kier alpha value is -3.36. The monoisotopic (exact) mass is 366 g/mol. The molecule has 0 spiro atoms. The average Bonchev–Trinajstić information content (AvgIpc) is 2.61. The standard InChI is InChI=1S/C17H13F3N2O4/c18-11-3-1-10(2-4-11)17(25)26-9-16(24)21-8-15(23)22-12-5-6-13(19)14(20)7-12/h1-7H,8-9H2,(H,21,24)(H,22,23). The maximum Gasteiger partial charge on any atom is 0.338 e. The zero-order valence-electron chi connectivity index (χ0n) is 13.2. The summed E-state index contributed by atoms with van der Waals surface area (Å²) in [5.41, 5.74) is 0.0844. The molecule has 26 heavy (non-hydrogen) atoms. The summed E-state index contributed by atoms with van der Waals surface area (Å²) in [5.74, 6) is -4.97. The second kappa shape index (κ2) is 8.65. The van der Waals surface area contributed by atoms with Gasteiger partial charge in [0.05, 0.1) is 12.1 Å². The lowest BCUT2D eigenvalue weighted by molar-refractivity contribution is -0.126. The van der Waals surface area contributed by atoms with Gasteiger partial charge in [0.15, 0.2) is 18.2 Å². The van der Waals surface area contributed by atoms with Gasteiger partial charge in [0.2, 0.25) is 5.91 Å². The fourth-order valence-electron chi connectivity index (χ4n) is 1.81. The number of halogens is 3. The molecule has 2 N–H and O–H groups in total. The molecule has 6 nitrogen and oxygen atoms in total. The molecule has 2 rings (SSSR count). The van der Waals surface area contributed by atoms with Crippen LogP contribution in [0.15, 0.2) is 42.5 Å². The summed E-state index contributed by atoms with van der Waals surface area (Å²) in [4.78, 5) is 34.8. The first-order valence-corrected chi connectivity index (χ1v) is 7.29. The molecular formula is C17H13F3N2O4. The van der Waals surface area contributed by atoms with Gasteiger partial charge < -0.3 is 15.4 Å². The van der Waals surface area contributed by atoms with Crippen LogP contribution in [-0.2, 0) is 14.3 Å². The summed E-state index contributed by atoms with van der Waals surface area (Å²) < 4.78 is 43.3. The maximum atomic E-state index is 13.0. The summed E-state index contributed by atoms with van der Waals surface area (Å²) in [6.45, 7) is -1.11. The number of carbonyl (C=O) groups excluding carboxylic acids is 3. The largest absolute Gasteiger partial charge is 0.452 e. The van der Waals surface area contributed by atoms with E-state index in [1.165, 1.54) is 12.1 Å². The van der Waals surface area contributed by atoms with Crippen molar-refractivity contribution in [3.63, 3.8) is 0 Å².